The van der Waals surface area contributed by atoms with Crippen molar-refractivity contribution in [1.29, 1.82) is 0 Å². The van der Waals surface area contributed by atoms with Crippen molar-refractivity contribution in [3.05, 3.63) is 24.3 Å². The molecule has 2 N–H and O–H groups in total. The van der Waals surface area contributed by atoms with Crippen molar-refractivity contribution in [2.75, 3.05) is 38.2 Å². The number of carbonyl (C=O) groups excluding carboxylic acids is 2. The van der Waals surface area contributed by atoms with Gasteiger partial charge in [0.15, 0.2) is 0 Å². The number of nitrogens with zero attached hydrogens (tertiary/aromatic N) is 1. The molecule has 7 heteroatoms. The molecule has 1 atom stereocenters. The summed E-state index contributed by atoms with van der Waals surface area (Å²) < 4.78 is 5.58. The van der Waals surface area contributed by atoms with Crippen LogP contribution in [-0.4, -0.2) is 45.1 Å². The summed E-state index contributed by atoms with van der Waals surface area (Å²) in [6.07, 6.45) is 1.12. The van der Waals surface area contributed by atoms with Crippen LogP contribution in [0.2, 0.25) is 0 Å². The molecule has 1 aromatic carbocycles. The first kappa shape index (κ1) is 20.3. The molecule has 0 saturated carbocycles. The summed E-state index contributed by atoms with van der Waals surface area (Å²) in [4.78, 5) is 26.2. The van der Waals surface area contributed by atoms with E-state index in [0.717, 1.165) is 18.7 Å². The van der Waals surface area contributed by atoms with Crippen LogP contribution in [0.3, 0.4) is 0 Å². The summed E-state index contributed by atoms with van der Waals surface area (Å²) in [7, 11) is 1.88. The topological polar surface area (TPSA) is 70.7 Å². The van der Waals surface area contributed by atoms with Gasteiger partial charge in [-0.15, -0.1) is 12.4 Å². The number of rotatable bonds is 8. The van der Waals surface area contributed by atoms with E-state index in [4.69, 9.17) is 4.74 Å². The fraction of sp³-hybridized carbons (Fsp3) is 0.529. The lowest BCUT2D eigenvalue weighted by molar-refractivity contribution is -0.126. The number of ether oxygens (including phenoxy) is 1. The average molecular weight is 356 g/mol. The first-order chi connectivity index (χ1) is 11.2. The Balaban J connectivity index is 0.00000288. The highest BCUT2D eigenvalue weighted by Gasteiger charge is 2.36. The van der Waals surface area contributed by atoms with Gasteiger partial charge in [-0.25, -0.2) is 0 Å². The standard InChI is InChI=1S/C17H25N3O3.ClH/c1-3-23-15-8-5-4-7-14(15)20-12-13(11-16(20)21)17(22)19-10-6-9-18-2;/h4-5,7-8,13,18H,3,6,9-12H2,1-2H3,(H,19,22);1H. The molecule has 24 heavy (non-hydrogen) atoms. The van der Waals surface area contributed by atoms with Crippen LogP contribution in [-0.2, 0) is 9.59 Å². The van der Waals surface area contributed by atoms with Gasteiger partial charge in [-0.05, 0) is 39.1 Å². The van der Waals surface area contributed by atoms with E-state index in [1.807, 2.05) is 38.2 Å². The predicted octanol–water partition coefficient (Wildman–Crippen LogP) is 1.59. The average Bonchev–Trinajstić information content (AvgIpc) is 2.94. The van der Waals surface area contributed by atoms with Crippen LogP contribution in [0.25, 0.3) is 0 Å². The Morgan fingerprint density at radius 2 is 2.08 bits per heavy atom. The van der Waals surface area contributed by atoms with Crippen LogP contribution >= 0.6 is 12.4 Å². The third-order valence-corrected chi connectivity index (χ3v) is 3.85. The first-order valence-electron chi connectivity index (χ1n) is 8.11. The Morgan fingerprint density at radius 1 is 1.33 bits per heavy atom. The lowest BCUT2D eigenvalue weighted by atomic mass is 10.1. The molecule has 6 nitrogen and oxygen atoms in total. The zero-order valence-electron chi connectivity index (χ0n) is 14.2. The zero-order chi connectivity index (χ0) is 16.7. The molecule has 0 spiro atoms. The highest BCUT2D eigenvalue weighted by molar-refractivity contribution is 6.01. The molecule has 0 bridgehead atoms. The molecule has 1 saturated heterocycles. The molecular formula is C17H26ClN3O3. The fourth-order valence-electron chi connectivity index (χ4n) is 2.69. The normalized spacial score (nSPS) is 16.7. The lowest BCUT2D eigenvalue weighted by Gasteiger charge is -2.20. The van der Waals surface area contributed by atoms with Crippen molar-refractivity contribution in [2.24, 2.45) is 5.92 Å². The molecule has 0 aliphatic carbocycles. The summed E-state index contributed by atoms with van der Waals surface area (Å²) in [6.45, 7) is 4.33. The van der Waals surface area contributed by atoms with Gasteiger partial charge in [-0.1, -0.05) is 12.1 Å². The van der Waals surface area contributed by atoms with Gasteiger partial charge in [-0.2, -0.15) is 0 Å². The molecule has 134 valence electrons. The van der Waals surface area contributed by atoms with Crippen molar-refractivity contribution >= 4 is 29.9 Å². The van der Waals surface area contributed by atoms with E-state index in [1.54, 1.807) is 4.90 Å². The fourth-order valence-corrected chi connectivity index (χ4v) is 2.69. The number of hydrogen-bond acceptors (Lipinski definition) is 4. The zero-order valence-corrected chi connectivity index (χ0v) is 15.0. The molecule has 1 aliphatic heterocycles. The van der Waals surface area contributed by atoms with Crippen LogP contribution in [0.15, 0.2) is 24.3 Å². The van der Waals surface area contributed by atoms with E-state index in [2.05, 4.69) is 10.6 Å². The van der Waals surface area contributed by atoms with Crippen molar-refractivity contribution in [3.63, 3.8) is 0 Å². The second-order valence-corrected chi connectivity index (χ2v) is 5.55. The number of benzene rings is 1. The summed E-state index contributed by atoms with van der Waals surface area (Å²) in [5, 5.41) is 5.94. The van der Waals surface area contributed by atoms with Gasteiger partial charge in [0.25, 0.3) is 0 Å². The van der Waals surface area contributed by atoms with Gasteiger partial charge in [0.1, 0.15) is 5.75 Å². The second-order valence-electron chi connectivity index (χ2n) is 5.55. The van der Waals surface area contributed by atoms with E-state index >= 15 is 0 Å². The SMILES string of the molecule is CCOc1ccccc1N1CC(C(=O)NCCCNC)CC1=O.Cl. The quantitative estimate of drug-likeness (QED) is 0.695. The molecule has 1 fully saturated rings. The van der Waals surface area contributed by atoms with Gasteiger partial charge in [-0.3, -0.25) is 9.59 Å². The van der Waals surface area contributed by atoms with E-state index in [1.165, 1.54) is 0 Å². The molecule has 2 rings (SSSR count). The Labute approximate surface area is 149 Å². The van der Waals surface area contributed by atoms with Crippen molar-refractivity contribution in [3.8, 4) is 5.75 Å². The second kappa shape index (κ2) is 10.2. The molecule has 0 aromatic heterocycles. The van der Waals surface area contributed by atoms with Gasteiger partial charge >= 0.3 is 0 Å². The molecule has 0 radical (unpaired) electrons. The van der Waals surface area contributed by atoms with Gasteiger partial charge < -0.3 is 20.3 Å². The third-order valence-electron chi connectivity index (χ3n) is 3.85. The molecule has 1 heterocycles. The molecule has 1 aliphatic rings. The highest BCUT2D eigenvalue weighted by Crippen LogP contribution is 2.33. The van der Waals surface area contributed by atoms with Crippen molar-refractivity contribution < 1.29 is 14.3 Å². The summed E-state index contributed by atoms with van der Waals surface area (Å²) in [6, 6.07) is 7.45. The molecular weight excluding hydrogens is 330 g/mol. The van der Waals surface area contributed by atoms with Gasteiger partial charge in [0.05, 0.1) is 18.2 Å². The monoisotopic (exact) mass is 355 g/mol. The van der Waals surface area contributed by atoms with E-state index < -0.39 is 0 Å². The van der Waals surface area contributed by atoms with Crippen molar-refractivity contribution in [2.45, 2.75) is 19.8 Å². The van der Waals surface area contributed by atoms with E-state index in [-0.39, 0.29) is 36.6 Å². The van der Waals surface area contributed by atoms with E-state index in [0.29, 0.717) is 25.4 Å². The van der Waals surface area contributed by atoms with Crippen LogP contribution in [0.4, 0.5) is 5.69 Å². The summed E-state index contributed by atoms with van der Waals surface area (Å²) >= 11 is 0. The summed E-state index contributed by atoms with van der Waals surface area (Å²) in [5.41, 5.74) is 0.741. The third kappa shape index (κ3) is 5.11. The Bertz CT molecular complexity index is 554. The summed E-state index contributed by atoms with van der Waals surface area (Å²) in [5.74, 6) is 0.295. The minimum atomic E-state index is -0.299. The van der Waals surface area contributed by atoms with Gasteiger partial charge in [0.2, 0.25) is 11.8 Å². The number of amides is 2. The number of nitrogens with one attached hydrogen (secondary N) is 2. The van der Waals surface area contributed by atoms with Crippen LogP contribution in [0.5, 0.6) is 5.75 Å². The maximum absolute atomic E-state index is 12.3. The minimum absolute atomic E-state index is 0. The lowest BCUT2D eigenvalue weighted by Crippen LogP contribution is -2.34. The Morgan fingerprint density at radius 3 is 2.79 bits per heavy atom. The predicted molar refractivity (Wildman–Crippen MR) is 96.9 cm³/mol. The highest BCUT2D eigenvalue weighted by atomic mass is 35.5. The number of anilines is 1. The van der Waals surface area contributed by atoms with Gasteiger partial charge in [0, 0.05) is 19.5 Å². The number of halogens is 1. The number of para-hydroxylation sites is 2. The number of hydrogen-bond donors (Lipinski definition) is 2. The Hall–Kier alpha value is -1.79. The largest absolute Gasteiger partial charge is 0.492 e. The van der Waals surface area contributed by atoms with Crippen LogP contribution in [0, 0.1) is 5.92 Å². The van der Waals surface area contributed by atoms with Crippen molar-refractivity contribution in [1.82, 2.24) is 10.6 Å². The van der Waals surface area contributed by atoms with Crippen LogP contribution < -0.4 is 20.3 Å². The van der Waals surface area contributed by atoms with Crippen LogP contribution in [0.1, 0.15) is 19.8 Å². The smallest absolute Gasteiger partial charge is 0.227 e. The Kier molecular flexibility index (Phi) is 8.57. The number of carbonyl (C=O) groups is 2. The maximum atomic E-state index is 12.3. The van der Waals surface area contributed by atoms with E-state index in [9.17, 15) is 9.59 Å². The maximum Gasteiger partial charge on any atom is 0.227 e. The molecule has 1 aromatic rings. The molecule has 2 amide bonds. The minimum Gasteiger partial charge on any atom is -0.492 e. The first-order valence-corrected chi connectivity index (χ1v) is 8.11. The molecule has 1 unspecified atom stereocenters.